The molecule has 0 spiro atoms. The third-order valence-electron chi connectivity index (χ3n) is 2.89. The minimum atomic E-state index is 0.377. The second kappa shape index (κ2) is 6.85. The highest BCUT2D eigenvalue weighted by Gasteiger charge is 2.06. The van der Waals surface area contributed by atoms with Gasteiger partial charge in [-0.05, 0) is 43.4 Å². The number of benzene rings is 1. The monoisotopic (exact) mass is 282 g/mol. The molecule has 0 fully saturated rings. The Morgan fingerprint density at radius 1 is 1.19 bits per heavy atom. The zero-order valence-corrected chi connectivity index (χ0v) is 11.6. The molecular weight excluding hydrogens is 264 g/mol. The largest absolute Gasteiger partial charge is 0.300 e. The van der Waals surface area contributed by atoms with Gasteiger partial charge in [-0.25, -0.2) is 0 Å². The summed E-state index contributed by atoms with van der Waals surface area (Å²) in [6, 6.07) is 6.30. The standard InChI is InChI=1S/C14H19BrO/c1-11-5-3-6-12(2)14(11)9-8-13(16)7-4-10-15/h3,5-6H,4,7-10H2,1-2H3. The molecule has 0 aromatic heterocycles. The molecule has 2 heteroatoms. The van der Waals surface area contributed by atoms with Crippen molar-refractivity contribution in [1.29, 1.82) is 0 Å². The summed E-state index contributed by atoms with van der Waals surface area (Å²) in [4.78, 5) is 11.6. The van der Waals surface area contributed by atoms with Crippen LogP contribution in [-0.2, 0) is 11.2 Å². The van der Waals surface area contributed by atoms with Gasteiger partial charge in [-0.15, -0.1) is 0 Å². The van der Waals surface area contributed by atoms with Gasteiger partial charge in [0.2, 0.25) is 0 Å². The molecule has 0 amide bonds. The van der Waals surface area contributed by atoms with Crippen LogP contribution in [0.3, 0.4) is 0 Å². The van der Waals surface area contributed by atoms with Crippen molar-refractivity contribution in [2.24, 2.45) is 0 Å². The van der Waals surface area contributed by atoms with Crippen molar-refractivity contribution in [1.82, 2.24) is 0 Å². The molecule has 16 heavy (non-hydrogen) atoms. The molecule has 0 atom stereocenters. The molecule has 1 nitrogen and oxygen atoms in total. The number of aryl methyl sites for hydroxylation is 2. The Bertz CT molecular complexity index is 338. The topological polar surface area (TPSA) is 17.1 Å². The molecule has 0 aliphatic heterocycles. The Balaban J connectivity index is 2.51. The summed E-state index contributed by atoms with van der Waals surface area (Å²) in [7, 11) is 0. The third-order valence-corrected chi connectivity index (χ3v) is 3.45. The average molecular weight is 283 g/mol. The number of halogens is 1. The smallest absolute Gasteiger partial charge is 0.133 e. The second-order valence-corrected chi connectivity index (χ2v) is 4.99. The van der Waals surface area contributed by atoms with Crippen molar-refractivity contribution in [3.63, 3.8) is 0 Å². The first-order chi connectivity index (χ1) is 7.65. The fourth-order valence-electron chi connectivity index (χ4n) is 1.90. The number of Topliss-reactive ketones (excluding diaryl/α,β-unsaturated/α-hetero) is 1. The molecule has 1 aromatic carbocycles. The van der Waals surface area contributed by atoms with E-state index < -0.39 is 0 Å². The van der Waals surface area contributed by atoms with Gasteiger partial charge in [-0.1, -0.05) is 34.1 Å². The Kier molecular flexibility index (Phi) is 5.75. The molecule has 0 unspecified atom stereocenters. The van der Waals surface area contributed by atoms with Crippen LogP contribution in [-0.4, -0.2) is 11.1 Å². The summed E-state index contributed by atoms with van der Waals surface area (Å²) in [6.45, 7) is 4.23. The molecular formula is C14H19BrO. The molecule has 0 radical (unpaired) electrons. The van der Waals surface area contributed by atoms with Crippen LogP contribution in [0, 0.1) is 13.8 Å². The first-order valence-corrected chi connectivity index (χ1v) is 6.90. The van der Waals surface area contributed by atoms with Crippen molar-refractivity contribution >= 4 is 21.7 Å². The Morgan fingerprint density at radius 3 is 2.38 bits per heavy atom. The molecule has 0 aliphatic rings. The highest BCUT2D eigenvalue weighted by atomic mass is 79.9. The zero-order valence-electron chi connectivity index (χ0n) is 10.1. The number of carbonyl (C=O) groups is 1. The van der Waals surface area contributed by atoms with Gasteiger partial charge in [0, 0.05) is 18.2 Å². The molecule has 1 rings (SSSR count). The second-order valence-electron chi connectivity index (χ2n) is 4.20. The maximum absolute atomic E-state index is 11.6. The number of hydrogen-bond donors (Lipinski definition) is 0. The molecule has 0 N–H and O–H groups in total. The van der Waals surface area contributed by atoms with E-state index in [0.29, 0.717) is 18.6 Å². The first kappa shape index (κ1) is 13.4. The van der Waals surface area contributed by atoms with Crippen molar-refractivity contribution < 1.29 is 4.79 Å². The summed E-state index contributed by atoms with van der Waals surface area (Å²) >= 11 is 3.34. The van der Waals surface area contributed by atoms with Crippen molar-refractivity contribution in [3.8, 4) is 0 Å². The quantitative estimate of drug-likeness (QED) is 0.722. The van der Waals surface area contributed by atoms with E-state index in [9.17, 15) is 4.79 Å². The predicted molar refractivity (Wildman–Crippen MR) is 72.3 cm³/mol. The summed E-state index contributed by atoms with van der Waals surface area (Å²) in [5, 5.41) is 0.919. The fraction of sp³-hybridized carbons (Fsp3) is 0.500. The maximum Gasteiger partial charge on any atom is 0.133 e. The summed E-state index contributed by atoms with van der Waals surface area (Å²) in [5.74, 6) is 0.377. The van der Waals surface area contributed by atoms with Gasteiger partial charge in [-0.2, -0.15) is 0 Å². The minimum Gasteiger partial charge on any atom is -0.300 e. The van der Waals surface area contributed by atoms with E-state index in [1.165, 1.54) is 16.7 Å². The Labute approximate surface area is 106 Å². The molecule has 0 saturated carbocycles. The van der Waals surface area contributed by atoms with Gasteiger partial charge in [0.05, 0.1) is 0 Å². The molecule has 0 saturated heterocycles. The lowest BCUT2D eigenvalue weighted by Gasteiger charge is -2.08. The third kappa shape index (κ3) is 4.09. The van der Waals surface area contributed by atoms with Gasteiger partial charge < -0.3 is 0 Å². The number of rotatable bonds is 6. The zero-order chi connectivity index (χ0) is 12.0. The van der Waals surface area contributed by atoms with E-state index in [4.69, 9.17) is 0 Å². The van der Waals surface area contributed by atoms with Crippen LogP contribution >= 0.6 is 15.9 Å². The van der Waals surface area contributed by atoms with Gasteiger partial charge in [0.15, 0.2) is 0 Å². The van der Waals surface area contributed by atoms with Crippen molar-refractivity contribution in [3.05, 3.63) is 34.9 Å². The molecule has 0 aliphatic carbocycles. The van der Waals surface area contributed by atoms with E-state index in [1.54, 1.807) is 0 Å². The lowest BCUT2D eigenvalue weighted by molar-refractivity contribution is -0.119. The number of hydrogen-bond acceptors (Lipinski definition) is 1. The van der Waals surface area contributed by atoms with Crippen LogP contribution < -0.4 is 0 Å². The van der Waals surface area contributed by atoms with Gasteiger partial charge in [0.25, 0.3) is 0 Å². The molecule has 0 bridgehead atoms. The average Bonchev–Trinajstić information content (AvgIpc) is 2.25. The number of carbonyl (C=O) groups excluding carboxylic acids is 1. The van der Waals surface area contributed by atoms with Crippen LogP contribution in [0.5, 0.6) is 0 Å². The Morgan fingerprint density at radius 2 is 1.81 bits per heavy atom. The van der Waals surface area contributed by atoms with Gasteiger partial charge >= 0.3 is 0 Å². The van der Waals surface area contributed by atoms with E-state index in [-0.39, 0.29) is 0 Å². The van der Waals surface area contributed by atoms with Crippen molar-refractivity contribution in [2.75, 3.05) is 5.33 Å². The van der Waals surface area contributed by atoms with Crippen LogP contribution in [0.4, 0.5) is 0 Å². The van der Waals surface area contributed by atoms with Crippen LogP contribution in [0.15, 0.2) is 18.2 Å². The van der Waals surface area contributed by atoms with Gasteiger partial charge in [-0.3, -0.25) is 4.79 Å². The lowest BCUT2D eigenvalue weighted by atomic mass is 9.97. The first-order valence-electron chi connectivity index (χ1n) is 5.78. The predicted octanol–water partition coefficient (Wildman–Crippen LogP) is 3.98. The van der Waals surface area contributed by atoms with E-state index >= 15 is 0 Å². The fourth-order valence-corrected chi connectivity index (χ4v) is 2.18. The highest BCUT2D eigenvalue weighted by Crippen LogP contribution is 2.15. The summed E-state index contributed by atoms with van der Waals surface area (Å²) < 4.78 is 0. The van der Waals surface area contributed by atoms with E-state index in [2.05, 4.69) is 48.0 Å². The molecule has 0 heterocycles. The van der Waals surface area contributed by atoms with Gasteiger partial charge in [0.1, 0.15) is 5.78 Å². The highest BCUT2D eigenvalue weighted by molar-refractivity contribution is 9.09. The number of alkyl halides is 1. The van der Waals surface area contributed by atoms with Crippen molar-refractivity contribution in [2.45, 2.75) is 39.5 Å². The normalized spacial score (nSPS) is 10.4. The Hall–Kier alpha value is -0.630. The van der Waals surface area contributed by atoms with Crippen LogP contribution in [0.25, 0.3) is 0 Å². The van der Waals surface area contributed by atoms with Crippen LogP contribution in [0.1, 0.15) is 36.0 Å². The minimum absolute atomic E-state index is 0.377. The molecule has 88 valence electrons. The van der Waals surface area contributed by atoms with Crippen LogP contribution in [0.2, 0.25) is 0 Å². The summed E-state index contributed by atoms with van der Waals surface area (Å²) in [5.41, 5.74) is 3.94. The SMILES string of the molecule is Cc1cccc(C)c1CCC(=O)CCCBr. The number of ketones is 1. The lowest BCUT2D eigenvalue weighted by Crippen LogP contribution is -2.02. The summed E-state index contributed by atoms with van der Waals surface area (Å²) in [6.07, 6.45) is 3.22. The van der Waals surface area contributed by atoms with E-state index in [0.717, 1.165) is 18.2 Å². The molecule has 1 aromatic rings. The maximum atomic E-state index is 11.6. The van der Waals surface area contributed by atoms with E-state index in [1.807, 2.05) is 0 Å².